The van der Waals surface area contributed by atoms with Gasteiger partial charge in [0.25, 0.3) is 0 Å². The average Bonchev–Trinajstić information content (AvgIpc) is 3.23. The highest BCUT2D eigenvalue weighted by Crippen LogP contribution is 2.18. The molecule has 0 spiro atoms. The van der Waals surface area contributed by atoms with Crippen LogP contribution in [-0.2, 0) is 28.6 Å². The van der Waals surface area contributed by atoms with Gasteiger partial charge >= 0.3 is 17.9 Å². The van der Waals surface area contributed by atoms with Crippen molar-refractivity contribution in [1.82, 2.24) is 0 Å². The lowest BCUT2D eigenvalue weighted by Gasteiger charge is -2.18. The molecule has 59 heavy (non-hydrogen) atoms. The molecule has 0 amide bonds. The van der Waals surface area contributed by atoms with Gasteiger partial charge in [0.2, 0.25) is 0 Å². The van der Waals surface area contributed by atoms with Crippen LogP contribution in [0.25, 0.3) is 0 Å². The van der Waals surface area contributed by atoms with E-state index in [1.54, 1.807) is 0 Å². The molecule has 6 heteroatoms. The Kier molecular flexibility index (Phi) is 46.2. The molecule has 0 aromatic carbocycles. The van der Waals surface area contributed by atoms with Crippen molar-refractivity contribution in [3.63, 3.8) is 0 Å². The summed E-state index contributed by atoms with van der Waals surface area (Å²) < 4.78 is 16.8. The second kappa shape index (κ2) is 47.5. The third-order valence-corrected chi connectivity index (χ3v) is 12.4. The number of esters is 3. The Labute approximate surface area is 368 Å². The lowest BCUT2D eigenvalue weighted by molar-refractivity contribution is -0.167. The second-order valence-corrected chi connectivity index (χ2v) is 18.4. The summed E-state index contributed by atoms with van der Waals surface area (Å²) in [5.41, 5.74) is 0. The van der Waals surface area contributed by atoms with Gasteiger partial charge in [-0.25, -0.2) is 0 Å². The molecule has 0 fully saturated rings. The zero-order valence-electron chi connectivity index (χ0n) is 40.2. The van der Waals surface area contributed by atoms with Crippen molar-refractivity contribution >= 4 is 17.9 Å². The fourth-order valence-corrected chi connectivity index (χ4v) is 8.01. The van der Waals surface area contributed by atoms with Gasteiger partial charge in [0, 0.05) is 19.3 Å². The molecule has 0 heterocycles. The van der Waals surface area contributed by atoms with Crippen LogP contribution >= 0.6 is 0 Å². The SMILES string of the molecule is CCCCCCCCCCCCCCCCCC(=O)O[C@H](COC(=O)CCCCCCCCCCCCCCCC)COC(=O)CCCCCCCCCCC(C)CC. The van der Waals surface area contributed by atoms with Crippen LogP contribution in [0.4, 0.5) is 0 Å². The first-order valence-electron chi connectivity index (χ1n) is 26.4. The second-order valence-electron chi connectivity index (χ2n) is 18.4. The van der Waals surface area contributed by atoms with Gasteiger partial charge in [-0.3, -0.25) is 14.4 Å². The van der Waals surface area contributed by atoms with Gasteiger partial charge in [-0.15, -0.1) is 0 Å². The normalized spacial score (nSPS) is 12.4. The van der Waals surface area contributed by atoms with E-state index in [9.17, 15) is 14.4 Å². The Balaban J connectivity index is 4.32. The van der Waals surface area contributed by atoms with Crippen molar-refractivity contribution in [2.24, 2.45) is 5.92 Å². The molecule has 0 radical (unpaired) electrons. The smallest absolute Gasteiger partial charge is 0.306 e. The molecule has 0 saturated heterocycles. The van der Waals surface area contributed by atoms with E-state index in [0.717, 1.165) is 63.7 Å². The maximum Gasteiger partial charge on any atom is 0.306 e. The quantitative estimate of drug-likeness (QED) is 0.0345. The lowest BCUT2D eigenvalue weighted by Crippen LogP contribution is -2.30. The molecule has 0 aromatic rings. The first-order valence-corrected chi connectivity index (χ1v) is 26.4. The fourth-order valence-electron chi connectivity index (χ4n) is 8.01. The van der Waals surface area contributed by atoms with Crippen LogP contribution in [-0.4, -0.2) is 37.2 Å². The number of carbonyl (C=O) groups is 3. The Hall–Kier alpha value is -1.59. The molecule has 0 saturated carbocycles. The van der Waals surface area contributed by atoms with Crippen LogP contribution in [0.2, 0.25) is 0 Å². The summed E-state index contributed by atoms with van der Waals surface area (Å²) in [7, 11) is 0. The minimum Gasteiger partial charge on any atom is -0.462 e. The number of hydrogen-bond acceptors (Lipinski definition) is 6. The van der Waals surface area contributed by atoms with E-state index in [1.807, 2.05) is 0 Å². The molecule has 6 nitrogen and oxygen atoms in total. The van der Waals surface area contributed by atoms with Crippen molar-refractivity contribution in [3.8, 4) is 0 Å². The first kappa shape index (κ1) is 57.4. The molecule has 0 aliphatic heterocycles. The van der Waals surface area contributed by atoms with Gasteiger partial charge < -0.3 is 14.2 Å². The molecular formula is C53H102O6. The summed E-state index contributed by atoms with van der Waals surface area (Å²) in [6.07, 6.45) is 49.3. The van der Waals surface area contributed by atoms with Crippen molar-refractivity contribution in [3.05, 3.63) is 0 Å². The summed E-state index contributed by atoms with van der Waals surface area (Å²) in [6.45, 7) is 9.04. The third-order valence-electron chi connectivity index (χ3n) is 12.4. The number of ether oxygens (including phenoxy) is 3. The van der Waals surface area contributed by atoms with E-state index in [-0.39, 0.29) is 31.1 Å². The maximum absolute atomic E-state index is 12.8. The zero-order chi connectivity index (χ0) is 43.1. The summed E-state index contributed by atoms with van der Waals surface area (Å²) >= 11 is 0. The standard InChI is InChI=1S/C53H102O6/c1-5-8-10-12-14-16-18-20-22-24-26-28-34-38-42-46-53(56)59-50(48-58-52(55)45-41-37-33-30-29-31-35-39-43-49(4)7-3)47-57-51(54)44-40-36-32-27-25-23-21-19-17-15-13-11-9-6-2/h49-50H,5-48H2,1-4H3/t49?,50-/m1/s1. The molecule has 0 aromatic heterocycles. The van der Waals surface area contributed by atoms with E-state index in [1.165, 1.54) is 193 Å². The highest BCUT2D eigenvalue weighted by Gasteiger charge is 2.19. The third kappa shape index (κ3) is 45.8. The highest BCUT2D eigenvalue weighted by molar-refractivity contribution is 5.71. The van der Waals surface area contributed by atoms with Crippen LogP contribution in [0.1, 0.15) is 297 Å². The van der Waals surface area contributed by atoms with Crippen molar-refractivity contribution < 1.29 is 28.6 Å². The first-order chi connectivity index (χ1) is 28.9. The molecule has 350 valence electrons. The monoisotopic (exact) mass is 835 g/mol. The molecule has 0 aliphatic rings. The highest BCUT2D eigenvalue weighted by atomic mass is 16.6. The van der Waals surface area contributed by atoms with Gasteiger partial charge in [0.05, 0.1) is 0 Å². The summed E-state index contributed by atoms with van der Waals surface area (Å²) in [6, 6.07) is 0. The summed E-state index contributed by atoms with van der Waals surface area (Å²) in [5, 5.41) is 0. The van der Waals surface area contributed by atoms with Crippen LogP contribution in [0.5, 0.6) is 0 Å². The van der Waals surface area contributed by atoms with Crippen molar-refractivity contribution in [1.29, 1.82) is 0 Å². The molecule has 1 unspecified atom stereocenters. The fraction of sp³-hybridized carbons (Fsp3) is 0.943. The van der Waals surface area contributed by atoms with E-state index in [2.05, 4.69) is 27.7 Å². The zero-order valence-corrected chi connectivity index (χ0v) is 40.2. The Morgan fingerprint density at radius 3 is 0.881 bits per heavy atom. The predicted octanol–water partition coefficient (Wildman–Crippen LogP) is 17.1. The molecule has 2 atom stereocenters. The maximum atomic E-state index is 12.8. The minimum atomic E-state index is -0.761. The summed E-state index contributed by atoms with van der Waals surface area (Å²) in [5.74, 6) is 0.00421. The van der Waals surface area contributed by atoms with Crippen LogP contribution in [0.15, 0.2) is 0 Å². The molecule has 0 N–H and O–H groups in total. The van der Waals surface area contributed by atoms with E-state index >= 15 is 0 Å². The average molecular weight is 835 g/mol. The molecule has 0 rings (SSSR count). The molecule has 0 aliphatic carbocycles. The van der Waals surface area contributed by atoms with Crippen molar-refractivity contribution in [2.45, 2.75) is 303 Å². The summed E-state index contributed by atoms with van der Waals surface area (Å²) in [4.78, 5) is 38.0. The van der Waals surface area contributed by atoms with Crippen LogP contribution in [0.3, 0.4) is 0 Å². The number of hydrogen-bond donors (Lipinski definition) is 0. The number of carbonyl (C=O) groups excluding carboxylic acids is 3. The molecular weight excluding hydrogens is 733 g/mol. The van der Waals surface area contributed by atoms with Crippen molar-refractivity contribution in [2.75, 3.05) is 13.2 Å². The van der Waals surface area contributed by atoms with Gasteiger partial charge in [-0.1, -0.05) is 259 Å². The Bertz CT molecular complexity index is 889. The topological polar surface area (TPSA) is 78.9 Å². The Morgan fingerprint density at radius 2 is 0.593 bits per heavy atom. The predicted molar refractivity (Wildman–Crippen MR) is 252 cm³/mol. The Morgan fingerprint density at radius 1 is 0.339 bits per heavy atom. The van der Waals surface area contributed by atoms with E-state index in [4.69, 9.17) is 14.2 Å². The molecule has 0 bridgehead atoms. The van der Waals surface area contributed by atoms with E-state index < -0.39 is 6.10 Å². The van der Waals surface area contributed by atoms with Gasteiger partial charge in [0.1, 0.15) is 13.2 Å². The number of rotatable bonds is 48. The lowest BCUT2D eigenvalue weighted by atomic mass is 9.99. The van der Waals surface area contributed by atoms with E-state index in [0.29, 0.717) is 19.3 Å². The largest absolute Gasteiger partial charge is 0.462 e. The van der Waals surface area contributed by atoms with Crippen LogP contribution < -0.4 is 0 Å². The minimum absolute atomic E-state index is 0.0628. The van der Waals surface area contributed by atoms with Gasteiger partial charge in [-0.05, 0) is 25.2 Å². The number of unbranched alkanes of at least 4 members (excludes halogenated alkanes) is 34. The van der Waals surface area contributed by atoms with Gasteiger partial charge in [0.15, 0.2) is 6.10 Å². The van der Waals surface area contributed by atoms with Crippen LogP contribution in [0, 0.1) is 5.92 Å². The van der Waals surface area contributed by atoms with Gasteiger partial charge in [-0.2, -0.15) is 0 Å².